The van der Waals surface area contributed by atoms with Gasteiger partial charge in [0.15, 0.2) is 0 Å². The molecule has 20 heavy (non-hydrogen) atoms. The number of aromatic hydroxyl groups is 2. The number of anilines is 1. The second-order valence-corrected chi connectivity index (χ2v) is 4.24. The van der Waals surface area contributed by atoms with Crippen molar-refractivity contribution in [2.75, 3.05) is 12.4 Å². The Balaban J connectivity index is 2.04. The van der Waals surface area contributed by atoms with E-state index < -0.39 is 0 Å². The molecule has 0 amide bonds. The fourth-order valence-electron chi connectivity index (χ4n) is 1.75. The predicted octanol–water partition coefficient (Wildman–Crippen LogP) is 2.50. The Labute approximate surface area is 116 Å². The molecule has 104 valence electrons. The molecule has 2 aromatic rings. The zero-order valence-corrected chi connectivity index (χ0v) is 11.0. The third-order valence-electron chi connectivity index (χ3n) is 2.85. The van der Waals surface area contributed by atoms with Crippen molar-refractivity contribution in [2.45, 2.75) is 6.54 Å². The van der Waals surface area contributed by atoms with Crippen LogP contribution in [0, 0.1) is 0 Å². The second-order valence-electron chi connectivity index (χ2n) is 4.24. The van der Waals surface area contributed by atoms with Gasteiger partial charge in [-0.15, -0.1) is 0 Å². The van der Waals surface area contributed by atoms with Crippen LogP contribution >= 0.6 is 0 Å². The van der Waals surface area contributed by atoms with Crippen LogP contribution in [-0.4, -0.2) is 23.3 Å². The van der Waals surface area contributed by atoms with Gasteiger partial charge in [0, 0.05) is 17.8 Å². The van der Waals surface area contributed by atoms with Crippen molar-refractivity contribution in [3.8, 4) is 11.5 Å². The lowest BCUT2D eigenvalue weighted by molar-refractivity contribution is 0.0601. The lowest BCUT2D eigenvalue weighted by atomic mass is 10.1. The van der Waals surface area contributed by atoms with E-state index in [1.54, 1.807) is 24.3 Å². The number of hydrogen-bond acceptors (Lipinski definition) is 5. The fourth-order valence-corrected chi connectivity index (χ4v) is 1.75. The molecule has 0 aromatic heterocycles. The second kappa shape index (κ2) is 5.97. The number of carbonyl (C=O) groups is 1. The standard InChI is InChI=1S/C15H15NO4/c1-20-15(19)10-2-4-12(5-3-10)16-9-11-8-13(17)6-7-14(11)18/h2-8,16-18H,9H2,1H3/i1-1. The largest absolute Gasteiger partial charge is 0.508 e. The third kappa shape index (κ3) is 3.20. The summed E-state index contributed by atoms with van der Waals surface area (Å²) in [4.78, 5) is 11.3. The molecule has 2 rings (SSSR count). The van der Waals surface area contributed by atoms with Gasteiger partial charge in [-0.05, 0) is 42.5 Å². The van der Waals surface area contributed by atoms with Gasteiger partial charge in [0.25, 0.3) is 0 Å². The molecule has 0 saturated carbocycles. The average molecular weight is 272 g/mol. The van der Waals surface area contributed by atoms with Crippen molar-refractivity contribution in [1.82, 2.24) is 0 Å². The zero-order valence-electron chi connectivity index (χ0n) is 11.0. The van der Waals surface area contributed by atoms with Crippen molar-refractivity contribution in [3.63, 3.8) is 0 Å². The molecule has 0 unspecified atom stereocenters. The Hall–Kier alpha value is -2.69. The molecule has 2 aromatic carbocycles. The topological polar surface area (TPSA) is 78.8 Å². The molecule has 0 aliphatic rings. The van der Waals surface area contributed by atoms with Gasteiger partial charge in [-0.3, -0.25) is 0 Å². The molecule has 0 atom stereocenters. The summed E-state index contributed by atoms with van der Waals surface area (Å²) in [7, 11) is 1.33. The molecule has 0 saturated heterocycles. The molecule has 0 heterocycles. The number of rotatable bonds is 4. The summed E-state index contributed by atoms with van der Waals surface area (Å²) in [6.45, 7) is 0.359. The molecular formula is C15H15NO4. The number of phenols is 2. The molecule has 0 spiro atoms. The van der Waals surface area contributed by atoms with Gasteiger partial charge in [0.05, 0.1) is 12.7 Å². The molecule has 0 fully saturated rings. The molecule has 0 bridgehead atoms. The fraction of sp³-hybridized carbons (Fsp3) is 0.133. The quantitative estimate of drug-likeness (QED) is 0.588. The maximum absolute atomic E-state index is 11.3. The predicted molar refractivity (Wildman–Crippen MR) is 74.9 cm³/mol. The number of esters is 1. The first kappa shape index (κ1) is 13.7. The SMILES string of the molecule is [11CH3]OC(=O)c1ccc(NCc2cc(O)ccc2O)cc1. The van der Waals surface area contributed by atoms with Crippen molar-refractivity contribution in [2.24, 2.45) is 0 Å². The van der Waals surface area contributed by atoms with E-state index in [4.69, 9.17) is 0 Å². The first-order valence-corrected chi connectivity index (χ1v) is 6.03. The van der Waals surface area contributed by atoms with E-state index in [0.29, 0.717) is 17.7 Å². The van der Waals surface area contributed by atoms with Crippen LogP contribution in [0.1, 0.15) is 15.9 Å². The molecule has 3 N–H and O–H groups in total. The summed E-state index contributed by atoms with van der Waals surface area (Å²) in [5.41, 5.74) is 1.85. The minimum Gasteiger partial charge on any atom is -0.508 e. The molecule has 0 aliphatic carbocycles. The Kier molecular flexibility index (Phi) is 4.10. The number of hydrogen-bond donors (Lipinski definition) is 3. The van der Waals surface area contributed by atoms with Crippen LogP contribution in [-0.2, 0) is 11.3 Å². The van der Waals surface area contributed by atoms with Gasteiger partial charge in [0.1, 0.15) is 11.5 Å². The van der Waals surface area contributed by atoms with Gasteiger partial charge in [-0.1, -0.05) is 0 Å². The van der Waals surface area contributed by atoms with Gasteiger partial charge in [-0.25, -0.2) is 4.79 Å². The first-order valence-electron chi connectivity index (χ1n) is 6.03. The normalized spacial score (nSPS) is 10.1. The molecule has 0 radical (unpaired) electrons. The number of ether oxygens (including phenoxy) is 1. The highest BCUT2D eigenvalue weighted by molar-refractivity contribution is 5.89. The van der Waals surface area contributed by atoms with Gasteiger partial charge in [-0.2, -0.15) is 0 Å². The minimum absolute atomic E-state index is 0.0978. The first-order chi connectivity index (χ1) is 9.60. The van der Waals surface area contributed by atoms with E-state index in [1.807, 2.05) is 0 Å². The number of phenolic OH excluding ortho intramolecular Hbond substituents is 2. The Bertz CT molecular complexity index is 608. The van der Waals surface area contributed by atoms with Crippen LogP contribution in [0.2, 0.25) is 0 Å². The van der Waals surface area contributed by atoms with E-state index in [1.165, 1.54) is 25.3 Å². The third-order valence-corrected chi connectivity index (χ3v) is 2.85. The van der Waals surface area contributed by atoms with Gasteiger partial charge < -0.3 is 20.3 Å². The highest BCUT2D eigenvalue weighted by Crippen LogP contribution is 2.23. The van der Waals surface area contributed by atoms with E-state index in [9.17, 15) is 15.0 Å². The Morgan fingerprint density at radius 2 is 1.85 bits per heavy atom. The lowest BCUT2D eigenvalue weighted by Gasteiger charge is -2.09. The Morgan fingerprint density at radius 1 is 1.15 bits per heavy atom. The summed E-state index contributed by atoms with van der Waals surface area (Å²) >= 11 is 0. The van der Waals surface area contributed by atoms with Crippen LogP contribution in [0.15, 0.2) is 42.5 Å². The summed E-state index contributed by atoms with van der Waals surface area (Å²) in [6, 6.07) is 11.1. The summed E-state index contributed by atoms with van der Waals surface area (Å²) in [6.07, 6.45) is 0. The molecule has 5 nitrogen and oxygen atoms in total. The smallest absolute Gasteiger partial charge is 0.337 e. The van der Waals surface area contributed by atoms with Crippen molar-refractivity contribution < 1.29 is 19.7 Å². The number of carbonyl (C=O) groups excluding carboxylic acids is 1. The molecule has 5 heteroatoms. The summed E-state index contributed by atoms with van der Waals surface area (Å²) in [5.74, 6) is -0.177. The maximum atomic E-state index is 11.3. The molecule has 0 aliphatic heterocycles. The van der Waals surface area contributed by atoms with Crippen LogP contribution in [0.4, 0.5) is 5.69 Å². The van der Waals surface area contributed by atoms with Gasteiger partial charge in [0.2, 0.25) is 0 Å². The number of nitrogens with one attached hydrogen (secondary N) is 1. The van der Waals surface area contributed by atoms with Gasteiger partial charge >= 0.3 is 5.97 Å². The lowest BCUT2D eigenvalue weighted by Crippen LogP contribution is -2.02. The highest BCUT2D eigenvalue weighted by Gasteiger charge is 2.05. The van der Waals surface area contributed by atoms with Crippen molar-refractivity contribution in [3.05, 3.63) is 53.6 Å². The number of methoxy groups -OCH3 is 1. The van der Waals surface area contributed by atoms with E-state index in [2.05, 4.69) is 10.1 Å². The van der Waals surface area contributed by atoms with Crippen LogP contribution in [0.3, 0.4) is 0 Å². The monoisotopic (exact) mass is 272 g/mol. The highest BCUT2D eigenvalue weighted by atomic mass is 16.5. The van der Waals surface area contributed by atoms with E-state index >= 15 is 0 Å². The van der Waals surface area contributed by atoms with Crippen LogP contribution < -0.4 is 5.32 Å². The Morgan fingerprint density at radius 3 is 2.50 bits per heavy atom. The van der Waals surface area contributed by atoms with Crippen molar-refractivity contribution >= 4 is 11.7 Å². The zero-order chi connectivity index (χ0) is 14.5. The number of benzene rings is 2. The maximum Gasteiger partial charge on any atom is 0.337 e. The van der Waals surface area contributed by atoms with Crippen LogP contribution in [0.5, 0.6) is 11.5 Å². The minimum atomic E-state index is -0.387. The van der Waals surface area contributed by atoms with E-state index in [-0.39, 0.29) is 17.5 Å². The average Bonchev–Trinajstić information content (AvgIpc) is 2.48. The van der Waals surface area contributed by atoms with E-state index in [0.717, 1.165) is 5.69 Å². The summed E-state index contributed by atoms with van der Waals surface area (Å²) in [5, 5.41) is 22.1. The molecular weight excluding hydrogens is 257 g/mol. The van der Waals surface area contributed by atoms with Crippen molar-refractivity contribution in [1.29, 1.82) is 0 Å². The van der Waals surface area contributed by atoms with Crippen LogP contribution in [0.25, 0.3) is 0 Å². The summed E-state index contributed by atoms with van der Waals surface area (Å²) < 4.78 is 4.61.